The number of rotatable bonds is 1. The first-order valence-corrected chi connectivity index (χ1v) is 5.12. The molecule has 14 heavy (non-hydrogen) atoms. The normalized spacial score (nSPS) is 17.1. The van der Waals surface area contributed by atoms with Crippen LogP contribution in [0, 0.1) is 0 Å². The third-order valence-electron chi connectivity index (χ3n) is 2.40. The van der Waals surface area contributed by atoms with Crippen molar-refractivity contribution in [2.24, 2.45) is 0 Å². The van der Waals surface area contributed by atoms with Gasteiger partial charge in [-0.1, -0.05) is 23.7 Å². The summed E-state index contributed by atoms with van der Waals surface area (Å²) in [5, 5.41) is 0.348. The van der Waals surface area contributed by atoms with E-state index >= 15 is 0 Å². The summed E-state index contributed by atoms with van der Waals surface area (Å²) in [6.45, 7) is 0. The van der Waals surface area contributed by atoms with Crippen LogP contribution in [-0.4, -0.2) is 5.24 Å². The summed E-state index contributed by atoms with van der Waals surface area (Å²) >= 11 is 11.3. The van der Waals surface area contributed by atoms with Crippen LogP contribution in [-0.2, 0) is 11.2 Å². The number of halogens is 2. The molecule has 1 aromatic rings. The Morgan fingerprint density at radius 1 is 1.36 bits per heavy atom. The fraction of sp³-hybridized carbons (Fsp3) is 0.182. The number of hydrogen-bond donors (Lipinski definition) is 0. The molecule has 1 aliphatic rings. The molecule has 0 spiro atoms. The zero-order chi connectivity index (χ0) is 10.1. The Morgan fingerprint density at radius 2 is 2.14 bits per heavy atom. The van der Waals surface area contributed by atoms with Gasteiger partial charge in [-0.25, -0.2) is 0 Å². The molecule has 2 rings (SSSR count). The van der Waals surface area contributed by atoms with Gasteiger partial charge in [-0.3, -0.25) is 4.79 Å². The average molecular weight is 227 g/mol. The minimum atomic E-state index is -0.423. The van der Waals surface area contributed by atoms with Gasteiger partial charge in [-0.2, -0.15) is 0 Å². The fourth-order valence-electron chi connectivity index (χ4n) is 1.79. The second-order valence-corrected chi connectivity index (χ2v) is 4.02. The molecule has 0 N–H and O–H groups in total. The van der Waals surface area contributed by atoms with Gasteiger partial charge in [-0.15, -0.1) is 0 Å². The van der Waals surface area contributed by atoms with Crippen LogP contribution in [0.4, 0.5) is 0 Å². The van der Waals surface area contributed by atoms with Crippen LogP contribution < -0.4 is 0 Å². The zero-order valence-corrected chi connectivity index (χ0v) is 8.90. The minimum absolute atomic E-state index is 0.423. The maximum absolute atomic E-state index is 10.8. The Bertz CT molecular complexity index is 421. The topological polar surface area (TPSA) is 17.1 Å². The van der Waals surface area contributed by atoms with Crippen LogP contribution in [0.2, 0.25) is 5.02 Å². The highest BCUT2D eigenvalue weighted by Gasteiger charge is 2.18. The van der Waals surface area contributed by atoms with Gasteiger partial charge < -0.3 is 0 Å². The lowest BCUT2D eigenvalue weighted by Gasteiger charge is -2.01. The van der Waals surface area contributed by atoms with Crippen LogP contribution in [0.15, 0.2) is 24.3 Å². The van der Waals surface area contributed by atoms with E-state index in [0.29, 0.717) is 0 Å². The molecule has 0 saturated carbocycles. The molecule has 0 aromatic heterocycles. The van der Waals surface area contributed by atoms with E-state index in [1.54, 1.807) is 0 Å². The molecule has 1 aromatic carbocycles. The quantitative estimate of drug-likeness (QED) is 0.530. The van der Waals surface area contributed by atoms with Gasteiger partial charge in [0.15, 0.2) is 0 Å². The van der Waals surface area contributed by atoms with Gasteiger partial charge in [0.1, 0.15) is 0 Å². The van der Waals surface area contributed by atoms with E-state index in [4.69, 9.17) is 23.2 Å². The van der Waals surface area contributed by atoms with Crippen molar-refractivity contribution in [3.05, 3.63) is 40.4 Å². The van der Waals surface area contributed by atoms with Crippen molar-refractivity contribution < 1.29 is 4.79 Å². The summed E-state index contributed by atoms with van der Waals surface area (Å²) in [7, 11) is 0. The molecule has 0 aliphatic heterocycles. The van der Waals surface area contributed by atoms with E-state index in [0.717, 1.165) is 34.6 Å². The van der Waals surface area contributed by atoms with Crippen molar-refractivity contribution in [2.75, 3.05) is 0 Å². The van der Waals surface area contributed by atoms with Crippen molar-refractivity contribution in [2.45, 2.75) is 12.8 Å². The first-order valence-electron chi connectivity index (χ1n) is 4.36. The molecule has 0 saturated heterocycles. The number of fused-ring (bicyclic) bond motifs is 1. The molecule has 0 radical (unpaired) electrons. The molecule has 0 amide bonds. The van der Waals surface area contributed by atoms with Crippen molar-refractivity contribution >= 4 is 34.0 Å². The molecule has 72 valence electrons. The van der Waals surface area contributed by atoms with Gasteiger partial charge in [-0.05, 0) is 47.2 Å². The van der Waals surface area contributed by atoms with Gasteiger partial charge in [0.25, 0.3) is 0 Å². The van der Waals surface area contributed by atoms with Crippen LogP contribution >= 0.6 is 23.2 Å². The summed E-state index contributed by atoms with van der Waals surface area (Å²) in [5.74, 6) is 0. The van der Waals surface area contributed by atoms with E-state index < -0.39 is 5.24 Å². The average Bonchev–Trinajstić information content (AvgIpc) is 2.49. The summed E-state index contributed by atoms with van der Waals surface area (Å²) in [6.07, 6.45) is 3.21. The molecular weight excluding hydrogens is 219 g/mol. The molecular formula is C11H8Cl2O. The third-order valence-corrected chi connectivity index (χ3v) is 2.86. The van der Waals surface area contributed by atoms with Crippen molar-refractivity contribution in [1.82, 2.24) is 0 Å². The maximum atomic E-state index is 10.8. The molecule has 0 bridgehead atoms. The fourth-order valence-corrected chi connectivity index (χ4v) is 2.20. The predicted molar refractivity (Wildman–Crippen MR) is 58.6 cm³/mol. The summed E-state index contributed by atoms with van der Waals surface area (Å²) < 4.78 is 0. The van der Waals surface area contributed by atoms with Crippen molar-refractivity contribution in [3.8, 4) is 0 Å². The first kappa shape index (κ1) is 9.75. The van der Waals surface area contributed by atoms with Crippen LogP contribution in [0.5, 0.6) is 0 Å². The van der Waals surface area contributed by atoms with E-state index in [-0.39, 0.29) is 0 Å². The second-order valence-electron chi connectivity index (χ2n) is 3.24. The highest BCUT2D eigenvalue weighted by atomic mass is 35.5. The number of carbonyl (C=O) groups is 1. The number of hydrogen-bond acceptors (Lipinski definition) is 1. The van der Waals surface area contributed by atoms with Crippen molar-refractivity contribution in [1.29, 1.82) is 0 Å². The SMILES string of the molecule is O=C(Cl)/C=C1\CCc2c(Cl)cccc21. The van der Waals surface area contributed by atoms with E-state index in [1.165, 1.54) is 6.08 Å². The van der Waals surface area contributed by atoms with Crippen LogP contribution in [0.3, 0.4) is 0 Å². The Hall–Kier alpha value is -0.790. The summed E-state index contributed by atoms with van der Waals surface area (Å²) in [5.41, 5.74) is 3.17. The Labute approximate surface area is 92.3 Å². The van der Waals surface area contributed by atoms with Gasteiger partial charge in [0.2, 0.25) is 5.24 Å². The highest BCUT2D eigenvalue weighted by Crippen LogP contribution is 2.36. The van der Waals surface area contributed by atoms with E-state index in [9.17, 15) is 4.79 Å². The molecule has 0 fully saturated rings. The van der Waals surface area contributed by atoms with E-state index in [1.807, 2.05) is 18.2 Å². The lowest BCUT2D eigenvalue weighted by atomic mass is 10.1. The Kier molecular flexibility index (Phi) is 2.62. The number of allylic oxidation sites excluding steroid dienone is 2. The number of carbonyl (C=O) groups excluding carboxylic acids is 1. The molecule has 3 heteroatoms. The lowest BCUT2D eigenvalue weighted by molar-refractivity contribution is -0.107. The van der Waals surface area contributed by atoms with Gasteiger partial charge in [0.05, 0.1) is 0 Å². The van der Waals surface area contributed by atoms with Crippen molar-refractivity contribution in [3.63, 3.8) is 0 Å². The standard InChI is InChI=1S/C11H8Cl2O/c12-10-3-1-2-8-7(6-11(13)14)4-5-9(8)10/h1-3,6H,4-5H2/b7-6+. The largest absolute Gasteiger partial charge is 0.276 e. The number of benzene rings is 1. The van der Waals surface area contributed by atoms with Crippen LogP contribution in [0.1, 0.15) is 17.5 Å². The monoisotopic (exact) mass is 226 g/mol. The molecule has 0 unspecified atom stereocenters. The maximum Gasteiger partial charge on any atom is 0.245 e. The van der Waals surface area contributed by atoms with Gasteiger partial charge >= 0.3 is 0 Å². The minimum Gasteiger partial charge on any atom is -0.276 e. The molecule has 0 atom stereocenters. The second kappa shape index (κ2) is 3.76. The summed E-state index contributed by atoms with van der Waals surface area (Å²) in [4.78, 5) is 10.8. The Balaban J connectivity index is 2.50. The zero-order valence-electron chi connectivity index (χ0n) is 7.39. The first-order chi connectivity index (χ1) is 6.68. The van der Waals surface area contributed by atoms with E-state index in [2.05, 4.69) is 0 Å². The smallest absolute Gasteiger partial charge is 0.245 e. The highest BCUT2D eigenvalue weighted by molar-refractivity contribution is 6.67. The summed E-state index contributed by atoms with van der Waals surface area (Å²) in [6, 6.07) is 5.73. The molecule has 1 aliphatic carbocycles. The van der Waals surface area contributed by atoms with Crippen LogP contribution in [0.25, 0.3) is 5.57 Å². The van der Waals surface area contributed by atoms with Gasteiger partial charge in [0, 0.05) is 11.1 Å². The predicted octanol–water partition coefficient (Wildman–Crippen LogP) is 3.44. The lowest BCUT2D eigenvalue weighted by Crippen LogP contribution is -1.84. The third kappa shape index (κ3) is 1.70. The Morgan fingerprint density at radius 3 is 2.86 bits per heavy atom. The molecule has 1 nitrogen and oxygen atoms in total. The molecule has 0 heterocycles.